The van der Waals surface area contributed by atoms with E-state index in [-0.39, 0.29) is 24.3 Å². The summed E-state index contributed by atoms with van der Waals surface area (Å²) in [6, 6.07) is 8.51. The lowest BCUT2D eigenvalue weighted by atomic mass is 10.0. The fourth-order valence-corrected chi connectivity index (χ4v) is 3.87. The number of sulfonamides is 1. The molecule has 1 saturated heterocycles. The summed E-state index contributed by atoms with van der Waals surface area (Å²) < 4.78 is 26.8. The highest BCUT2D eigenvalue weighted by Gasteiger charge is 2.27. The number of urea groups is 1. The van der Waals surface area contributed by atoms with Crippen LogP contribution in [0.5, 0.6) is 0 Å². The van der Waals surface area contributed by atoms with E-state index in [4.69, 9.17) is 0 Å². The van der Waals surface area contributed by atoms with Gasteiger partial charge in [-0.3, -0.25) is 4.57 Å². The molecule has 0 saturated carbocycles. The number of likely N-dealkylation sites (tertiary alicyclic amines) is 1. The summed E-state index contributed by atoms with van der Waals surface area (Å²) in [5.74, 6) is 0. The van der Waals surface area contributed by atoms with Gasteiger partial charge in [0.25, 0.3) is 0 Å². The highest BCUT2D eigenvalue weighted by Crippen LogP contribution is 2.19. The highest BCUT2D eigenvalue weighted by molar-refractivity contribution is 7.88. The first-order chi connectivity index (χ1) is 13.8. The Bertz CT molecular complexity index is 1020. The van der Waals surface area contributed by atoms with Gasteiger partial charge in [0.1, 0.15) is 0 Å². The molecule has 1 aromatic heterocycles. The molecule has 2 N–H and O–H groups in total. The van der Waals surface area contributed by atoms with Gasteiger partial charge in [0.15, 0.2) is 0 Å². The van der Waals surface area contributed by atoms with E-state index in [2.05, 4.69) is 15.0 Å². The zero-order valence-corrected chi connectivity index (χ0v) is 17.1. The van der Waals surface area contributed by atoms with Gasteiger partial charge in [-0.1, -0.05) is 12.1 Å². The Labute approximate surface area is 169 Å². The Balaban J connectivity index is 1.67. The lowest BCUT2D eigenvalue weighted by Crippen LogP contribution is -2.50. The monoisotopic (exact) mass is 419 g/mol. The first kappa shape index (κ1) is 21.0. The predicted octanol–water partition coefficient (Wildman–Crippen LogP) is 1.23. The number of nitrogens with one attached hydrogen (secondary N) is 2. The van der Waals surface area contributed by atoms with Crippen molar-refractivity contribution in [1.29, 1.82) is 0 Å². The summed E-state index contributed by atoms with van der Waals surface area (Å²) in [7, 11) is -3.31. The summed E-state index contributed by atoms with van der Waals surface area (Å²) in [6.45, 7) is 1.13. The van der Waals surface area contributed by atoms with E-state index in [1.54, 1.807) is 23.2 Å². The third kappa shape index (κ3) is 6.13. The van der Waals surface area contributed by atoms with Crippen LogP contribution >= 0.6 is 0 Å². The second-order valence-corrected chi connectivity index (χ2v) is 8.96. The van der Waals surface area contributed by atoms with Gasteiger partial charge in [-0.15, -0.1) is 0 Å². The molecule has 0 radical (unpaired) electrons. The molecule has 156 valence electrons. The molecule has 3 rings (SSSR count). The standard InChI is InChI=1S/C19H25N5O4S/c1-29(27,28)21-13-17-8-2-3-11-24(17)19(26)22-16-7-4-6-15(12-16)14-23-10-5-9-20-18(23)25/h4-7,9-10,12,17,21H,2-3,8,11,13-14H2,1H3,(H,22,26)/t17-/m0/s1. The molecule has 2 amide bonds. The predicted molar refractivity (Wildman–Crippen MR) is 110 cm³/mol. The van der Waals surface area contributed by atoms with Crippen LogP contribution in [-0.2, 0) is 16.6 Å². The van der Waals surface area contributed by atoms with Crippen LogP contribution in [-0.4, -0.2) is 54.3 Å². The van der Waals surface area contributed by atoms with Gasteiger partial charge in [-0.05, 0) is 43.0 Å². The van der Waals surface area contributed by atoms with Crippen molar-refractivity contribution >= 4 is 21.7 Å². The number of hydrogen-bond donors (Lipinski definition) is 2. The molecule has 1 aliphatic rings. The van der Waals surface area contributed by atoms with Crippen molar-refractivity contribution in [2.45, 2.75) is 31.8 Å². The molecule has 0 aliphatic carbocycles. The molecule has 10 heteroatoms. The van der Waals surface area contributed by atoms with Crippen molar-refractivity contribution in [1.82, 2.24) is 19.2 Å². The number of benzene rings is 1. The molecule has 0 unspecified atom stereocenters. The van der Waals surface area contributed by atoms with Crippen LogP contribution in [0.3, 0.4) is 0 Å². The maximum Gasteiger partial charge on any atom is 0.347 e. The second-order valence-electron chi connectivity index (χ2n) is 7.12. The minimum atomic E-state index is -3.31. The van der Waals surface area contributed by atoms with E-state index in [0.717, 1.165) is 31.1 Å². The van der Waals surface area contributed by atoms with Crippen molar-refractivity contribution in [2.24, 2.45) is 0 Å². The zero-order valence-electron chi connectivity index (χ0n) is 16.2. The molecule has 0 bridgehead atoms. The smallest absolute Gasteiger partial charge is 0.320 e. The quantitative estimate of drug-likeness (QED) is 0.731. The molecular formula is C19H25N5O4S. The zero-order chi connectivity index (χ0) is 20.9. The highest BCUT2D eigenvalue weighted by atomic mass is 32.2. The number of carbonyl (C=O) groups is 1. The Morgan fingerprint density at radius 2 is 2.10 bits per heavy atom. The SMILES string of the molecule is CS(=O)(=O)NC[C@@H]1CCCCN1C(=O)Nc1cccc(Cn2cccnc2=O)c1. The fourth-order valence-electron chi connectivity index (χ4n) is 3.37. The Morgan fingerprint density at radius 1 is 1.28 bits per heavy atom. The molecule has 9 nitrogen and oxygen atoms in total. The van der Waals surface area contributed by atoms with Crippen molar-refractivity contribution < 1.29 is 13.2 Å². The lowest BCUT2D eigenvalue weighted by molar-refractivity contribution is 0.164. The van der Waals surface area contributed by atoms with E-state index in [0.29, 0.717) is 18.8 Å². The van der Waals surface area contributed by atoms with Gasteiger partial charge < -0.3 is 10.2 Å². The number of rotatable bonds is 6. The van der Waals surface area contributed by atoms with Crippen LogP contribution in [0.25, 0.3) is 0 Å². The molecule has 1 fully saturated rings. The molecule has 1 aromatic carbocycles. The topological polar surface area (TPSA) is 113 Å². The molecule has 2 heterocycles. The minimum Gasteiger partial charge on any atom is -0.320 e. The maximum atomic E-state index is 12.8. The molecule has 2 aromatic rings. The number of aromatic nitrogens is 2. The first-order valence-electron chi connectivity index (χ1n) is 9.44. The summed E-state index contributed by atoms with van der Waals surface area (Å²) in [6.07, 6.45) is 6.80. The number of piperidine rings is 1. The van der Waals surface area contributed by atoms with Crippen molar-refractivity contribution in [3.8, 4) is 0 Å². The van der Waals surface area contributed by atoms with Crippen molar-refractivity contribution in [3.63, 3.8) is 0 Å². The van der Waals surface area contributed by atoms with Gasteiger partial charge in [-0.2, -0.15) is 0 Å². The molecule has 0 spiro atoms. The van der Waals surface area contributed by atoms with Crippen molar-refractivity contribution in [3.05, 3.63) is 58.8 Å². The van der Waals surface area contributed by atoms with Crippen LogP contribution in [0.1, 0.15) is 24.8 Å². The number of carbonyl (C=O) groups excluding carboxylic acids is 1. The van der Waals surface area contributed by atoms with E-state index in [1.807, 2.05) is 18.2 Å². The molecule has 29 heavy (non-hydrogen) atoms. The largest absolute Gasteiger partial charge is 0.347 e. The van der Waals surface area contributed by atoms with Gasteiger partial charge in [-0.25, -0.2) is 27.7 Å². The average molecular weight is 420 g/mol. The Kier molecular flexibility index (Phi) is 6.65. The van der Waals surface area contributed by atoms with Crippen LogP contribution in [0, 0.1) is 0 Å². The summed E-state index contributed by atoms with van der Waals surface area (Å²) in [5.41, 5.74) is 1.13. The van der Waals surface area contributed by atoms with E-state index in [1.165, 1.54) is 10.8 Å². The number of amides is 2. The van der Waals surface area contributed by atoms with E-state index < -0.39 is 10.0 Å². The van der Waals surface area contributed by atoms with E-state index in [9.17, 15) is 18.0 Å². The van der Waals surface area contributed by atoms with Gasteiger partial charge >= 0.3 is 11.7 Å². The van der Waals surface area contributed by atoms with Crippen LogP contribution in [0.2, 0.25) is 0 Å². The summed E-state index contributed by atoms with van der Waals surface area (Å²) in [5, 5.41) is 2.89. The number of anilines is 1. The Morgan fingerprint density at radius 3 is 2.86 bits per heavy atom. The van der Waals surface area contributed by atoms with Crippen molar-refractivity contribution in [2.75, 3.05) is 24.7 Å². The van der Waals surface area contributed by atoms with Crippen LogP contribution in [0.4, 0.5) is 10.5 Å². The summed E-state index contributed by atoms with van der Waals surface area (Å²) >= 11 is 0. The number of nitrogens with zero attached hydrogens (tertiary/aromatic N) is 3. The second kappa shape index (κ2) is 9.19. The van der Waals surface area contributed by atoms with Gasteiger partial charge in [0, 0.05) is 37.2 Å². The summed E-state index contributed by atoms with van der Waals surface area (Å²) in [4.78, 5) is 30.0. The molecule has 1 aliphatic heterocycles. The maximum absolute atomic E-state index is 12.8. The third-order valence-corrected chi connectivity index (χ3v) is 5.47. The Hall–Kier alpha value is -2.72. The average Bonchev–Trinajstić information content (AvgIpc) is 2.68. The number of hydrogen-bond acceptors (Lipinski definition) is 5. The minimum absolute atomic E-state index is 0.185. The lowest BCUT2D eigenvalue weighted by Gasteiger charge is -2.35. The molecular weight excluding hydrogens is 394 g/mol. The van der Waals surface area contributed by atoms with Gasteiger partial charge in [0.05, 0.1) is 12.8 Å². The third-order valence-electron chi connectivity index (χ3n) is 4.78. The molecule has 1 atom stereocenters. The normalized spacial score (nSPS) is 17.1. The first-order valence-corrected chi connectivity index (χ1v) is 11.3. The fraction of sp³-hybridized carbons (Fsp3) is 0.421. The van der Waals surface area contributed by atoms with Crippen LogP contribution in [0.15, 0.2) is 47.5 Å². The van der Waals surface area contributed by atoms with E-state index >= 15 is 0 Å². The van der Waals surface area contributed by atoms with Crippen LogP contribution < -0.4 is 15.7 Å². The van der Waals surface area contributed by atoms with Gasteiger partial charge in [0.2, 0.25) is 10.0 Å².